The predicted molar refractivity (Wildman–Crippen MR) is 300 cm³/mol. The third-order valence-electron chi connectivity index (χ3n) is 14.7. The zero-order chi connectivity index (χ0) is 57.1. The first-order valence-corrected chi connectivity index (χ1v) is 26.8. The summed E-state index contributed by atoms with van der Waals surface area (Å²) in [7, 11) is 5.72. The molecular formula is C55H60Cl2F2N12O10. The van der Waals surface area contributed by atoms with E-state index in [1.54, 1.807) is 25.4 Å². The third-order valence-corrected chi connectivity index (χ3v) is 15.5. The molecule has 6 atom stereocenters. The van der Waals surface area contributed by atoms with Gasteiger partial charge in [0.05, 0.1) is 117 Å². The van der Waals surface area contributed by atoms with Crippen LogP contribution in [0.2, 0.25) is 10.0 Å². The van der Waals surface area contributed by atoms with Crippen LogP contribution in [0.1, 0.15) is 19.8 Å². The van der Waals surface area contributed by atoms with Gasteiger partial charge in [-0.05, 0) is 44.1 Å². The van der Waals surface area contributed by atoms with Crippen LogP contribution in [0.4, 0.5) is 32.3 Å². The van der Waals surface area contributed by atoms with Crippen LogP contribution in [0.25, 0.3) is 44.3 Å². The van der Waals surface area contributed by atoms with Crippen molar-refractivity contribution in [1.82, 2.24) is 40.5 Å². The van der Waals surface area contributed by atoms with E-state index in [-0.39, 0.29) is 107 Å². The predicted octanol–water partition coefficient (Wildman–Crippen LogP) is 6.56. The highest BCUT2D eigenvalue weighted by molar-refractivity contribution is 6.41. The molecule has 2 unspecified atom stereocenters. The van der Waals surface area contributed by atoms with Crippen molar-refractivity contribution in [1.29, 1.82) is 0 Å². The van der Waals surface area contributed by atoms with Crippen LogP contribution in [0, 0.1) is 11.6 Å². The first-order valence-electron chi connectivity index (χ1n) is 26.0. The molecule has 4 N–H and O–H groups in total. The summed E-state index contributed by atoms with van der Waals surface area (Å²) in [5.41, 5.74) is 0.761. The van der Waals surface area contributed by atoms with Gasteiger partial charge in [-0.1, -0.05) is 36.4 Å². The summed E-state index contributed by atoms with van der Waals surface area (Å²) < 4.78 is 78.4. The zero-order valence-corrected chi connectivity index (χ0v) is 46.6. The lowest BCUT2D eigenvalue weighted by Gasteiger charge is -2.25. The molecule has 22 nitrogen and oxygen atoms in total. The highest BCUT2D eigenvalue weighted by atomic mass is 35.5. The van der Waals surface area contributed by atoms with Gasteiger partial charge in [0, 0.05) is 74.2 Å². The quantitative estimate of drug-likeness (QED) is 0.0441. The number of methoxy groups -OCH3 is 4. The number of nitrogens with zero attached hydrogens (tertiary/aromatic N) is 8. The van der Waals surface area contributed by atoms with E-state index in [4.69, 9.17) is 81.0 Å². The van der Waals surface area contributed by atoms with Gasteiger partial charge in [0.1, 0.15) is 29.1 Å². The number of ether oxygens (including phenoxy) is 8. The Morgan fingerprint density at radius 3 is 1.75 bits per heavy atom. The van der Waals surface area contributed by atoms with E-state index in [2.05, 4.69) is 49.3 Å². The van der Waals surface area contributed by atoms with E-state index in [0.717, 1.165) is 12.5 Å². The second-order valence-electron chi connectivity index (χ2n) is 19.9. The fourth-order valence-corrected chi connectivity index (χ4v) is 10.9. The van der Waals surface area contributed by atoms with Crippen molar-refractivity contribution in [2.24, 2.45) is 0 Å². The Kier molecular flexibility index (Phi) is 17.0. The summed E-state index contributed by atoms with van der Waals surface area (Å²) in [6.07, 6.45) is 6.54. The second-order valence-corrected chi connectivity index (χ2v) is 20.7. The monoisotopic (exact) mass is 1160 g/mol. The molecule has 26 heteroatoms. The number of carbonyl (C=O) groups is 2. The lowest BCUT2D eigenvalue weighted by molar-refractivity contribution is -0.118. The van der Waals surface area contributed by atoms with Gasteiger partial charge in [0.15, 0.2) is 34.8 Å². The number of fused-ring (bicyclic) bond motifs is 2. The molecule has 81 heavy (non-hydrogen) atoms. The normalized spacial score (nSPS) is 21.6. The highest BCUT2D eigenvalue weighted by Gasteiger charge is 2.37. The molecule has 428 valence electrons. The van der Waals surface area contributed by atoms with Crippen molar-refractivity contribution in [3.63, 3.8) is 0 Å². The number of halogens is 4. The number of pyridine rings is 2. The summed E-state index contributed by atoms with van der Waals surface area (Å²) in [4.78, 5) is 57.4. The fraction of sp³-hybridized carbons (Fsp3) is 0.418. The topological polar surface area (TPSA) is 240 Å². The van der Waals surface area contributed by atoms with Crippen molar-refractivity contribution in [2.75, 3.05) is 115 Å². The number of hydrogen-bond acceptors (Lipinski definition) is 20. The number of nitrogens with one attached hydrogen (secondary N) is 4. The molecular weight excluding hydrogens is 1100 g/mol. The van der Waals surface area contributed by atoms with Crippen LogP contribution in [0.3, 0.4) is 0 Å². The van der Waals surface area contributed by atoms with Gasteiger partial charge < -0.3 is 69.0 Å². The molecule has 4 fully saturated rings. The number of rotatable bonds is 21. The molecule has 0 radical (unpaired) electrons. The smallest absolute Gasteiger partial charge is 0.243 e. The van der Waals surface area contributed by atoms with Crippen molar-refractivity contribution in [3.8, 4) is 45.5 Å². The van der Waals surface area contributed by atoms with Crippen LogP contribution in [0.15, 0.2) is 62.0 Å². The number of hydrogen-bond donors (Lipinski definition) is 4. The molecule has 0 spiro atoms. The van der Waals surface area contributed by atoms with Crippen LogP contribution in [0.5, 0.6) is 23.0 Å². The van der Waals surface area contributed by atoms with Gasteiger partial charge in [0.2, 0.25) is 23.7 Å². The Morgan fingerprint density at radius 2 is 1.22 bits per heavy atom. The minimum Gasteiger partial charge on any atom is -0.495 e. The Bertz CT molecular complexity index is 3380. The van der Waals surface area contributed by atoms with Gasteiger partial charge in [0.25, 0.3) is 0 Å². The molecule has 4 aliphatic rings. The van der Waals surface area contributed by atoms with Gasteiger partial charge in [-0.2, -0.15) is 0 Å². The lowest BCUT2D eigenvalue weighted by Crippen LogP contribution is -2.45. The molecule has 2 aromatic carbocycles. The molecule has 0 bridgehead atoms. The Morgan fingerprint density at radius 1 is 0.704 bits per heavy atom. The Hall–Kier alpha value is -7.48. The minimum absolute atomic E-state index is 0.0463. The maximum atomic E-state index is 16.1. The molecule has 4 aliphatic heterocycles. The Balaban J connectivity index is 0.893. The minimum atomic E-state index is -0.967. The van der Waals surface area contributed by atoms with Gasteiger partial charge in [-0.25, -0.2) is 38.7 Å². The number of benzene rings is 2. The van der Waals surface area contributed by atoms with Crippen molar-refractivity contribution < 1.29 is 56.3 Å². The summed E-state index contributed by atoms with van der Waals surface area (Å²) in [5, 5.41) is 13.8. The van der Waals surface area contributed by atoms with Gasteiger partial charge >= 0.3 is 0 Å². The summed E-state index contributed by atoms with van der Waals surface area (Å²) in [6.45, 7) is 12.4. The van der Waals surface area contributed by atoms with Crippen molar-refractivity contribution in [2.45, 2.75) is 55.6 Å². The number of anilines is 4. The first kappa shape index (κ1) is 56.8. The van der Waals surface area contributed by atoms with E-state index < -0.39 is 28.8 Å². The molecule has 2 amide bonds. The average Bonchev–Trinajstić information content (AvgIpc) is 4.43. The lowest BCUT2D eigenvalue weighted by atomic mass is 10.1. The number of aromatic nitrogens is 6. The molecule has 4 aromatic heterocycles. The average molecular weight is 1160 g/mol. The summed E-state index contributed by atoms with van der Waals surface area (Å²) >= 11 is 14.3. The zero-order valence-electron chi connectivity index (χ0n) is 45.1. The first-order chi connectivity index (χ1) is 39.1. The molecule has 0 aliphatic carbocycles. The van der Waals surface area contributed by atoms with Crippen molar-refractivity contribution in [3.05, 3.63) is 83.6 Å². The standard InChI is InChI=1S/C55H60Cl2F2N12O10/c1-8-41(72)62-33-23-78-25-35(33)66-53-61-21-29-17-32(44-47(58)39(75-5)19-40(76-6)48(44)59)65-51(49(29)68-53)70-12-10-30(22-70)80-14-15-81-38-18-37(74-4)45(56)43(46(38)57)31-16-28-20-60-54(67-36-26-79-24-34(36)63-42(73)9-2)69-50(28)52(64-31)71-13-11-55(3,27-71)77-7/h8-9,16-21,30,33-36H,1-2,10-15,22-27H2,3-7H3,(H,62,72)(H,63,73)(H,60,67,69)(H,61,66,68)/t30?,33-,34-,35+,36+,55?/m0/s1. The molecule has 0 saturated carbocycles. The summed E-state index contributed by atoms with van der Waals surface area (Å²) in [5.74, 6) is -1.12. The third kappa shape index (κ3) is 11.8. The fourth-order valence-electron chi connectivity index (χ4n) is 10.3. The van der Waals surface area contributed by atoms with Gasteiger partial charge in [-0.3, -0.25) is 9.59 Å². The summed E-state index contributed by atoms with van der Waals surface area (Å²) in [6, 6.07) is 4.62. The van der Waals surface area contributed by atoms with Crippen LogP contribution < -0.4 is 50.0 Å². The number of carbonyl (C=O) groups excluding carboxylic acids is 2. The maximum absolute atomic E-state index is 16.1. The van der Waals surface area contributed by atoms with Crippen molar-refractivity contribution >= 4 is 80.4 Å². The van der Waals surface area contributed by atoms with Crippen LogP contribution in [-0.4, -0.2) is 172 Å². The van der Waals surface area contributed by atoms with E-state index in [9.17, 15) is 9.59 Å². The van der Waals surface area contributed by atoms with Crippen LogP contribution in [-0.2, 0) is 28.5 Å². The molecule has 10 rings (SSSR count). The SMILES string of the molecule is C=CC(=O)N[C@H]1COC[C@H]1Nc1ncc2cc(-c3c(F)c(OC)cc(OC)c3F)nc(N3CCC(OCCOc4cc(OC)c(Cl)c(-c5cc6cnc(N[C@@H]7COC[C@@H]7NC(=O)C=C)nc6c(N6CCC(C)(OC)C6)n5)c4Cl)C3)c2n1. The Labute approximate surface area is 474 Å². The second kappa shape index (κ2) is 24.3. The van der Waals surface area contributed by atoms with Gasteiger partial charge in [-0.15, -0.1) is 0 Å². The van der Waals surface area contributed by atoms with E-state index in [0.29, 0.717) is 96.5 Å². The highest BCUT2D eigenvalue weighted by Crippen LogP contribution is 2.47. The van der Waals surface area contributed by atoms with E-state index in [1.165, 1.54) is 45.7 Å². The largest absolute Gasteiger partial charge is 0.495 e. The molecule has 8 heterocycles. The molecule has 4 saturated heterocycles. The number of amides is 2. The molecule has 6 aromatic rings. The van der Waals surface area contributed by atoms with E-state index >= 15 is 8.78 Å². The van der Waals surface area contributed by atoms with Crippen LogP contribution >= 0.6 is 23.2 Å². The maximum Gasteiger partial charge on any atom is 0.243 e. The van der Waals surface area contributed by atoms with E-state index in [1.807, 2.05) is 11.8 Å².